The average Bonchev–Trinajstić information content (AvgIpc) is 2.10. The summed E-state index contributed by atoms with van der Waals surface area (Å²) in [4.78, 5) is 23.6. The monoisotopic (exact) mass is 216 g/mol. The lowest BCUT2D eigenvalue weighted by Crippen LogP contribution is -2.45. The Labute approximate surface area is 90.0 Å². The van der Waals surface area contributed by atoms with Crippen molar-refractivity contribution in [2.45, 2.75) is 26.3 Å². The maximum absolute atomic E-state index is 11.2. The van der Waals surface area contributed by atoms with Crippen LogP contribution in [0.5, 0.6) is 0 Å². The van der Waals surface area contributed by atoms with Gasteiger partial charge >= 0.3 is 6.03 Å². The first kappa shape index (κ1) is 13.9. The van der Waals surface area contributed by atoms with Crippen molar-refractivity contribution in [3.8, 4) is 0 Å². The van der Waals surface area contributed by atoms with Gasteiger partial charge in [0.05, 0.1) is 6.54 Å². The summed E-state index contributed by atoms with van der Waals surface area (Å²) in [5, 5.41) is 2.03. The molecule has 0 unspecified atom stereocenters. The number of nitrogens with zero attached hydrogens (tertiary/aromatic N) is 1. The molecule has 0 radical (unpaired) electrons. The van der Waals surface area contributed by atoms with Crippen LogP contribution >= 0.6 is 0 Å². The number of hydrogen-bond donors (Lipinski definition) is 3. The van der Waals surface area contributed by atoms with Crippen LogP contribution in [0.15, 0.2) is 0 Å². The largest absolute Gasteiger partial charge is 0.351 e. The van der Waals surface area contributed by atoms with Gasteiger partial charge in [0.1, 0.15) is 0 Å². The lowest BCUT2D eigenvalue weighted by atomic mass is 10.3. The molecule has 0 heterocycles. The van der Waals surface area contributed by atoms with Gasteiger partial charge in [-0.25, -0.2) is 4.79 Å². The standard InChI is InChI=1S/C9H20N4O2/c1-7(2)13(5-3-4-10)6-8(14)12-9(11)15/h7H,3-6,10H2,1-2H3,(H3,11,12,14,15). The minimum absolute atomic E-state index is 0.167. The van der Waals surface area contributed by atoms with Crippen LogP contribution in [0.2, 0.25) is 0 Å². The van der Waals surface area contributed by atoms with Crippen LogP contribution in [0.3, 0.4) is 0 Å². The van der Waals surface area contributed by atoms with Crippen LogP contribution < -0.4 is 16.8 Å². The number of amides is 3. The zero-order chi connectivity index (χ0) is 11.8. The Morgan fingerprint density at radius 1 is 1.40 bits per heavy atom. The number of primary amides is 1. The Bertz CT molecular complexity index is 218. The van der Waals surface area contributed by atoms with E-state index >= 15 is 0 Å². The highest BCUT2D eigenvalue weighted by atomic mass is 16.2. The molecular weight excluding hydrogens is 196 g/mol. The summed E-state index contributed by atoms with van der Waals surface area (Å²) in [5.74, 6) is -0.381. The second-order valence-corrected chi connectivity index (χ2v) is 3.62. The number of hydrogen-bond acceptors (Lipinski definition) is 4. The van der Waals surface area contributed by atoms with Crippen molar-refractivity contribution in [2.75, 3.05) is 19.6 Å². The number of urea groups is 1. The van der Waals surface area contributed by atoms with Crippen LogP contribution in [0.1, 0.15) is 20.3 Å². The molecule has 0 bridgehead atoms. The molecule has 6 nitrogen and oxygen atoms in total. The molecule has 0 aromatic rings. The van der Waals surface area contributed by atoms with Gasteiger partial charge in [-0.05, 0) is 26.8 Å². The van der Waals surface area contributed by atoms with E-state index in [-0.39, 0.29) is 18.5 Å². The van der Waals surface area contributed by atoms with E-state index in [2.05, 4.69) is 0 Å². The second-order valence-electron chi connectivity index (χ2n) is 3.62. The van der Waals surface area contributed by atoms with Crippen molar-refractivity contribution in [2.24, 2.45) is 11.5 Å². The van der Waals surface area contributed by atoms with Crippen molar-refractivity contribution < 1.29 is 9.59 Å². The summed E-state index contributed by atoms with van der Waals surface area (Å²) in [6, 6.07) is -0.585. The fraction of sp³-hybridized carbons (Fsp3) is 0.778. The third-order valence-corrected chi connectivity index (χ3v) is 1.99. The molecule has 0 aliphatic heterocycles. The molecular formula is C9H20N4O2. The number of imide groups is 1. The Kier molecular flexibility index (Phi) is 6.64. The Morgan fingerprint density at radius 3 is 2.40 bits per heavy atom. The van der Waals surface area contributed by atoms with Crippen molar-refractivity contribution in [3.63, 3.8) is 0 Å². The van der Waals surface area contributed by atoms with E-state index in [0.717, 1.165) is 13.0 Å². The average molecular weight is 216 g/mol. The van der Waals surface area contributed by atoms with Gasteiger partial charge in [-0.15, -0.1) is 0 Å². The molecule has 0 aliphatic rings. The normalized spacial score (nSPS) is 10.7. The molecule has 6 heteroatoms. The van der Waals surface area contributed by atoms with Crippen LogP contribution in [0.25, 0.3) is 0 Å². The van der Waals surface area contributed by atoms with E-state index in [1.54, 1.807) is 0 Å². The zero-order valence-electron chi connectivity index (χ0n) is 9.32. The molecule has 0 aromatic carbocycles. The van der Waals surface area contributed by atoms with Crippen molar-refractivity contribution in [1.82, 2.24) is 10.2 Å². The van der Waals surface area contributed by atoms with Crippen LogP contribution in [0, 0.1) is 0 Å². The van der Waals surface area contributed by atoms with E-state index in [1.165, 1.54) is 0 Å². The molecule has 0 rings (SSSR count). The quantitative estimate of drug-likeness (QED) is 0.543. The lowest BCUT2D eigenvalue weighted by molar-refractivity contribution is -0.121. The fourth-order valence-corrected chi connectivity index (χ4v) is 1.18. The Morgan fingerprint density at radius 2 is 2.00 bits per heavy atom. The summed E-state index contributed by atoms with van der Waals surface area (Å²) in [7, 11) is 0. The highest BCUT2D eigenvalue weighted by molar-refractivity contribution is 5.94. The smallest absolute Gasteiger partial charge is 0.318 e. The maximum atomic E-state index is 11.2. The van der Waals surface area contributed by atoms with Crippen molar-refractivity contribution >= 4 is 11.9 Å². The topological polar surface area (TPSA) is 101 Å². The molecule has 0 fully saturated rings. The molecule has 3 amide bonds. The summed E-state index contributed by atoms with van der Waals surface area (Å²) < 4.78 is 0. The third-order valence-electron chi connectivity index (χ3n) is 1.99. The molecule has 88 valence electrons. The van der Waals surface area contributed by atoms with Gasteiger partial charge < -0.3 is 11.5 Å². The first-order valence-electron chi connectivity index (χ1n) is 5.00. The Hall–Kier alpha value is -1.14. The summed E-state index contributed by atoms with van der Waals surface area (Å²) in [6.07, 6.45) is 0.821. The van der Waals surface area contributed by atoms with Gasteiger partial charge in [-0.2, -0.15) is 0 Å². The maximum Gasteiger partial charge on any atom is 0.318 e. The zero-order valence-corrected chi connectivity index (χ0v) is 9.32. The summed E-state index contributed by atoms with van der Waals surface area (Å²) >= 11 is 0. The van der Waals surface area contributed by atoms with Gasteiger partial charge in [-0.1, -0.05) is 0 Å². The fourth-order valence-electron chi connectivity index (χ4n) is 1.18. The molecule has 5 N–H and O–H groups in total. The molecule has 0 aliphatic carbocycles. The van der Waals surface area contributed by atoms with Gasteiger partial charge in [0.25, 0.3) is 0 Å². The molecule has 0 saturated carbocycles. The predicted octanol–water partition coefficient (Wildman–Crippen LogP) is -0.759. The summed E-state index contributed by atoms with van der Waals surface area (Å²) in [6.45, 7) is 5.45. The lowest BCUT2D eigenvalue weighted by Gasteiger charge is -2.25. The van der Waals surface area contributed by atoms with Crippen LogP contribution in [-0.4, -0.2) is 42.5 Å². The number of nitrogens with two attached hydrogens (primary N) is 2. The van der Waals surface area contributed by atoms with E-state index in [9.17, 15) is 9.59 Å². The highest BCUT2D eigenvalue weighted by Gasteiger charge is 2.14. The van der Waals surface area contributed by atoms with Crippen LogP contribution in [0.4, 0.5) is 4.79 Å². The van der Waals surface area contributed by atoms with Gasteiger partial charge in [0, 0.05) is 12.6 Å². The Balaban J connectivity index is 4.04. The second kappa shape index (κ2) is 7.19. The molecule has 0 atom stereocenters. The van der Waals surface area contributed by atoms with E-state index in [4.69, 9.17) is 11.5 Å². The minimum Gasteiger partial charge on any atom is -0.351 e. The number of nitrogens with one attached hydrogen (secondary N) is 1. The van der Waals surface area contributed by atoms with Crippen LogP contribution in [-0.2, 0) is 4.79 Å². The predicted molar refractivity (Wildman–Crippen MR) is 58.1 cm³/mol. The van der Waals surface area contributed by atoms with Crippen molar-refractivity contribution in [3.05, 3.63) is 0 Å². The van der Waals surface area contributed by atoms with Gasteiger partial charge in [0.2, 0.25) is 5.91 Å². The summed E-state index contributed by atoms with van der Waals surface area (Å²) in [5.41, 5.74) is 10.2. The number of rotatable bonds is 6. The molecule has 0 spiro atoms. The van der Waals surface area contributed by atoms with Crippen molar-refractivity contribution in [1.29, 1.82) is 0 Å². The number of carbonyl (C=O) groups is 2. The SMILES string of the molecule is CC(C)N(CCCN)CC(=O)NC(N)=O. The first-order chi connectivity index (χ1) is 6.97. The van der Waals surface area contributed by atoms with Gasteiger partial charge in [-0.3, -0.25) is 15.0 Å². The first-order valence-corrected chi connectivity index (χ1v) is 5.00. The molecule has 0 aromatic heterocycles. The van der Waals surface area contributed by atoms with E-state index < -0.39 is 6.03 Å². The highest BCUT2D eigenvalue weighted by Crippen LogP contribution is 1.98. The molecule has 0 saturated heterocycles. The van der Waals surface area contributed by atoms with E-state index in [1.807, 2.05) is 24.1 Å². The van der Waals surface area contributed by atoms with E-state index in [0.29, 0.717) is 6.54 Å². The van der Waals surface area contributed by atoms with Gasteiger partial charge in [0.15, 0.2) is 0 Å². The molecule has 15 heavy (non-hydrogen) atoms. The number of carbonyl (C=O) groups excluding carboxylic acids is 2. The third kappa shape index (κ3) is 6.87. The minimum atomic E-state index is -0.817.